The molecule has 9 heteroatoms. The minimum atomic E-state index is -0.718. The van der Waals surface area contributed by atoms with Crippen molar-refractivity contribution in [1.29, 1.82) is 0 Å². The van der Waals surface area contributed by atoms with Crippen molar-refractivity contribution in [3.63, 3.8) is 0 Å². The Balaban J connectivity index is 2.05. The standard InChI is InChI=1S/C23H37BrN2O5S/c1-6-8-13(5)25-20(28)19-23-10-15(24)18(32-23)16(22(30)31-7-2)17(23)21(29)26(19)14(11-27)9-12(3)4/h12-19,27H,6-11H2,1-5H3,(H,25,28)/t13?,14-,15?,16+,17+,18+,19?,23?/m1/s1. The van der Waals surface area contributed by atoms with E-state index < -0.39 is 28.7 Å². The number of likely N-dealkylation sites (tertiary alicyclic amines) is 1. The van der Waals surface area contributed by atoms with Crippen LogP contribution in [0.4, 0.5) is 0 Å². The van der Waals surface area contributed by atoms with Gasteiger partial charge in [-0.15, -0.1) is 11.8 Å². The van der Waals surface area contributed by atoms with Crippen LogP contribution in [0.1, 0.15) is 60.3 Å². The Bertz CT molecular complexity index is 737. The number of hydrogen-bond acceptors (Lipinski definition) is 6. The molecule has 3 aliphatic rings. The molecule has 2 amide bonds. The van der Waals surface area contributed by atoms with E-state index in [9.17, 15) is 19.5 Å². The molecule has 0 saturated carbocycles. The molecule has 0 radical (unpaired) electrons. The van der Waals surface area contributed by atoms with E-state index in [0.29, 0.717) is 12.8 Å². The lowest BCUT2D eigenvalue weighted by Crippen LogP contribution is -2.58. The number of esters is 1. The van der Waals surface area contributed by atoms with Gasteiger partial charge in [0.2, 0.25) is 11.8 Å². The van der Waals surface area contributed by atoms with E-state index in [4.69, 9.17) is 4.74 Å². The molecule has 3 fully saturated rings. The number of ether oxygens (including phenoxy) is 1. The molecule has 32 heavy (non-hydrogen) atoms. The number of carbonyl (C=O) groups is 3. The number of amides is 2. The van der Waals surface area contributed by atoms with Crippen molar-refractivity contribution in [1.82, 2.24) is 10.2 Å². The summed E-state index contributed by atoms with van der Waals surface area (Å²) in [6.07, 6.45) is 3.02. The molecule has 7 nitrogen and oxygen atoms in total. The lowest BCUT2D eigenvalue weighted by Gasteiger charge is -2.38. The number of hydrogen-bond donors (Lipinski definition) is 2. The van der Waals surface area contributed by atoms with Crippen LogP contribution in [0, 0.1) is 17.8 Å². The van der Waals surface area contributed by atoms with Gasteiger partial charge in [-0.3, -0.25) is 14.4 Å². The smallest absolute Gasteiger partial charge is 0.310 e. The number of rotatable bonds is 10. The molecular formula is C23H37BrN2O5S. The van der Waals surface area contributed by atoms with Crippen LogP contribution < -0.4 is 5.32 Å². The highest BCUT2D eigenvalue weighted by Crippen LogP contribution is 2.68. The van der Waals surface area contributed by atoms with E-state index in [2.05, 4.69) is 28.2 Å². The summed E-state index contributed by atoms with van der Waals surface area (Å²) in [6, 6.07) is -1.19. The third-order valence-electron chi connectivity index (χ3n) is 6.99. The first-order valence-electron chi connectivity index (χ1n) is 11.8. The van der Waals surface area contributed by atoms with Crippen LogP contribution in [0.15, 0.2) is 0 Å². The van der Waals surface area contributed by atoms with E-state index in [0.717, 1.165) is 12.8 Å². The van der Waals surface area contributed by atoms with Gasteiger partial charge in [0.05, 0.1) is 35.8 Å². The molecule has 0 aromatic heterocycles. The number of halogens is 1. The van der Waals surface area contributed by atoms with Crippen molar-refractivity contribution < 1.29 is 24.2 Å². The van der Waals surface area contributed by atoms with E-state index in [-0.39, 0.29) is 53.0 Å². The zero-order valence-corrected chi connectivity index (χ0v) is 22.1. The average molecular weight is 534 g/mol. The molecule has 2 bridgehead atoms. The van der Waals surface area contributed by atoms with Crippen LogP contribution in [0.3, 0.4) is 0 Å². The summed E-state index contributed by atoms with van der Waals surface area (Å²) in [7, 11) is 0. The molecule has 0 aliphatic carbocycles. The van der Waals surface area contributed by atoms with E-state index in [1.165, 1.54) is 0 Å². The van der Waals surface area contributed by atoms with Gasteiger partial charge in [0.1, 0.15) is 6.04 Å². The Morgan fingerprint density at radius 1 is 1.34 bits per heavy atom. The highest BCUT2D eigenvalue weighted by molar-refractivity contribution is 9.09. The van der Waals surface area contributed by atoms with Gasteiger partial charge in [-0.25, -0.2) is 0 Å². The van der Waals surface area contributed by atoms with Crippen LogP contribution in [0.2, 0.25) is 0 Å². The van der Waals surface area contributed by atoms with Gasteiger partial charge in [-0.05, 0) is 39.0 Å². The van der Waals surface area contributed by atoms with Crippen LogP contribution in [-0.2, 0) is 19.1 Å². The van der Waals surface area contributed by atoms with Crippen molar-refractivity contribution in [2.75, 3.05) is 13.2 Å². The van der Waals surface area contributed by atoms with E-state index in [1.807, 2.05) is 20.8 Å². The monoisotopic (exact) mass is 532 g/mol. The summed E-state index contributed by atoms with van der Waals surface area (Å²) >= 11 is 5.33. The third-order valence-corrected chi connectivity index (χ3v) is 10.2. The number of thioether (sulfide) groups is 1. The molecule has 3 saturated heterocycles. The van der Waals surface area contributed by atoms with Crippen LogP contribution in [-0.4, -0.2) is 74.0 Å². The van der Waals surface area contributed by atoms with Crippen LogP contribution >= 0.6 is 27.7 Å². The fraction of sp³-hybridized carbons (Fsp3) is 0.870. The highest BCUT2D eigenvalue weighted by atomic mass is 79.9. The lowest BCUT2D eigenvalue weighted by molar-refractivity contribution is -0.154. The minimum absolute atomic E-state index is 0.0122. The van der Waals surface area contributed by atoms with Gasteiger partial charge in [0.15, 0.2) is 0 Å². The van der Waals surface area contributed by atoms with E-state index in [1.54, 1.807) is 23.6 Å². The molecule has 2 N–H and O–H groups in total. The van der Waals surface area contributed by atoms with Gasteiger partial charge < -0.3 is 20.1 Å². The highest BCUT2D eigenvalue weighted by Gasteiger charge is 2.76. The summed E-state index contributed by atoms with van der Waals surface area (Å²) in [5.41, 5.74) is 0. The van der Waals surface area contributed by atoms with Crippen molar-refractivity contribution in [3.05, 3.63) is 0 Å². The topological polar surface area (TPSA) is 95.9 Å². The largest absolute Gasteiger partial charge is 0.466 e. The van der Waals surface area contributed by atoms with E-state index >= 15 is 0 Å². The van der Waals surface area contributed by atoms with Crippen molar-refractivity contribution in [2.24, 2.45) is 17.8 Å². The number of alkyl halides is 1. The van der Waals surface area contributed by atoms with Crippen molar-refractivity contribution in [3.8, 4) is 0 Å². The molecule has 0 aromatic rings. The molecule has 1 spiro atoms. The molecule has 4 unspecified atom stereocenters. The van der Waals surface area contributed by atoms with Crippen molar-refractivity contribution in [2.45, 2.75) is 93.3 Å². The number of fused-ring (bicyclic) bond motifs is 1. The second-order valence-corrected chi connectivity index (χ2v) is 12.5. The zero-order valence-electron chi connectivity index (χ0n) is 19.7. The first-order chi connectivity index (χ1) is 15.1. The lowest BCUT2D eigenvalue weighted by atomic mass is 9.71. The number of aliphatic hydroxyl groups excluding tert-OH is 1. The summed E-state index contributed by atoms with van der Waals surface area (Å²) in [5, 5.41) is 13.2. The molecule has 3 rings (SSSR count). The number of nitrogens with zero attached hydrogens (tertiary/aromatic N) is 1. The van der Waals surface area contributed by atoms with Gasteiger partial charge in [-0.1, -0.05) is 43.1 Å². The number of aliphatic hydroxyl groups is 1. The Kier molecular flexibility index (Phi) is 8.24. The van der Waals surface area contributed by atoms with Gasteiger partial charge in [0, 0.05) is 16.1 Å². The summed E-state index contributed by atoms with van der Waals surface area (Å²) in [4.78, 5) is 42.2. The first kappa shape index (κ1) is 25.8. The first-order valence-corrected chi connectivity index (χ1v) is 13.6. The molecule has 8 atom stereocenters. The Labute approximate surface area is 203 Å². The number of nitrogens with one attached hydrogen (secondary N) is 1. The predicted molar refractivity (Wildman–Crippen MR) is 129 cm³/mol. The zero-order chi connectivity index (χ0) is 23.8. The Morgan fingerprint density at radius 3 is 2.59 bits per heavy atom. The van der Waals surface area contributed by atoms with Gasteiger partial charge >= 0.3 is 5.97 Å². The fourth-order valence-electron chi connectivity index (χ4n) is 5.92. The summed E-state index contributed by atoms with van der Waals surface area (Å²) in [5.74, 6) is -1.68. The maximum atomic E-state index is 13.9. The minimum Gasteiger partial charge on any atom is -0.466 e. The maximum absolute atomic E-state index is 13.9. The summed E-state index contributed by atoms with van der Waals surface area (Å²) < 4.78 is 4.66. The molecule has 182 valence electrons. The quantitative estimate of drug-likeness (QED) is 0.331. The summed E-state index contributed by atoms with van der Waals surface area (Å²) in [6.45, 7) is 9.93. The Hall–Kier alpha value is -0.800. The number of carbonyl (C=O) groups excluding carboxylic acids is 3. The van der Waals surface area contributed by atoms with Crippen molar-refractivity contribution >= 4 is 45.5 Å². The predicted octanol–water partition coefficient (Wildman–Crippen LogP) is 2.73. The van der Waals surface area contributed by atoms with Gasteiger partial charge in [0.25, 0.3) is 0 Å². The maximum Gasteiger partial charge on any atom is 0.310 e. The second kappa shape index (κ2) is 10.2. The average Bonchev–Trinajstić information content (AvgIpc) is 3.29. The Morgan fingerprint density at radius 2 is 2.03 bits per heavy atom. The van der Waals surface area contributed by atoms with Crippen LogP contribution in [0.25, 0.3) is 0 Å². The fourth-order valence-corrected chi connectivity index (χ4v) is 9.50. The van der Waals surface area contributed by atoms with Gasteiger partial charge in [-0.2, -0.15) is 0 Å². The molecule has 0 aromatic carbocycles. The normalized spacial score (nSPS) is 35.2. The third kappa shape index (κ3) is 4.33. The molecule has 3 heterocycles. The van der Waals surface area contributed by atoms with Crippen LogP contribution in [0.5, 0.6) is 0 Å². The second-order valence-electron chi connectivity index (χ2n) is 9.83. The molecular weight excluding hydrogens is 496 g/mol. The SMILES string of the molecule is CCCC(C)NC(=O)C1N([C@@H](CO)CC(C)C)C(=O)[C@@H]2[C@H](C(=O)OCC)[C@H]3SC12CC3Br. The molecule has 3 aliphatic heterocycles.